The normalized spacial score (nSPS) is 19.9. The summed E-state index contributed by atoms with van der Waals surface area (Å²) < 4.78 is 29.7. The molecule has 0 saturated carbocycles. The van der Waals surface area contributed by atoms with E-state index in [-0.39, 0.29) is 42.0 Å². The molecule has 3 atom stereocenters. The number of hydrogen-bond acceptors (Lipinski definition) is 8. The van der Waals surface area contributed by atoms with Gasteiger partial charge in [0.05, 0.1) is 18.1 Å². The van der Waals surface area contributed by atoms with Crippen molar-refractivity contribution in [3.63, 3.8) is 0 Å². The van der Waals surface area contributed by atoms with Crippen molar-refractivity contribution < 1.29 is 18.7 Å². The van der Waals surface area contributed by atoms with Crippen molar-refractivity contribution in [2.24, 2.45) is 0 Å². The van der Waals surface area contributed by atoms with Gasteiger partial charge < -0.3 is 14.4 Å². The Kier molecular flexibility index (Phi) is 9.48. The first-order valence-corrected chi connectivity index (χ1v) is 22.0. The molecule has 2 saturated heterocycles. The van der Waals surface area contributed by atoms with Gasteiger partial charge in [0.15, 0.2) is 11.0 Å². The van der Waals surface area contributed by atoms with Crippen molar-refractivity contribution in [2.45, 2.75) is 121 Å². The third-order valence-electron chi connectivity index (χ3n) is 11.4. The first-order chi connectivity index (χ1) is 24.7. The molecule has 0 N–H and O–H groups in total. The summed E-state index contributed by atoms with van der Waals surface area (Å²) in [6.07, 6.45) is 3.25. The van der Waals surface area contributed by atoms with E-state index in [0.29, 0.717) is 51.0 Å². The molecule has 0 aliphatic carbocycles. The summed E-state index contributed by atoms with van der Waals surface area (Å²) in [5, 5.41) is 2.76. The van der Waals surface area contributed by atoms with Crippen molar-refractivity contribution in [3.8, 4) is 28.6 Å². The predicted octanol–water partition coefficient (Wildman–Crippen LogP) is 9.62. The molecule has 7 rings (SSSR count). The highest BCUT2D eigenvalue weighted by Crippen LogP contribution is 2.46. The molecule has 5 heterocycles. The molecule has 52 heavy (non-hydrogen) atoms. The van der Waals surface area contributed by atoms with E-state index in [0.717, 1.165) is 29.2 Å². The monoisotopic (exact) mass is 739 g/mol. The lowest BCUT2D eigenvalue weighted by molar-refractivity contribution is 0.00539. The van der Waals surface area contributed by atoms with Gasteiger partial charge in [0.1, 0.15) is 42.7 Å². The van der Waals surface area contributed by atoms with E-state index in [1.165, 1.54) is 11.8 Å². The fourth-order valence-electron chi connectivity index (χ4n) is 9.18. The first-order valence-electron chi connectivity index (χ1n) is 18.6. The Morgan fingerprint density at radius 2 is 1.67 bits per heavy atom. The number of ether oxygens (including phenoxy) is 2. The maximum atomic E-state index is 17.3. The molecule has 4 aromatic rings. The second-order valence-corrected chi connectivity index (χ2v) is 22.8. The van der Waals surface area contributed by atoms with Crippen LogP contribution in [0.15, 0.2) is 41.6 Å². The van der Waals surface area contributed by atoms with Gasteiger partial charge in [0, 0.05) is 23.1 Å². The van der Waals surface area contributed by atoms with Gasteiger partial charge in [-0.3, -0.25) is 4.90 Å². The number of halogens is 1. The van der Waals surface area contributed by atoms with Crippen molar-refractivity contribution in [2.75, 3.05) is 24.3 Å². The van der Waals surface area contributed by atoms with Crippen LogP contribution in [-0.2, 0) is 4.74 Å². The zero-order valence-corrected chi connectivity index (χ0v) is 33.8. The van der Waals surface area contributed by atoms with Crippen molar-refractivity contribution in [1.82, 2.24) is 19.9 Å². The van der Waals surface area contributed by atoms with Crippen LogP contribution in [0, 0.1) is 17.3 Å². The number of benzene rings is 2. The molecule has 11 heteroatoms. The quantitative estimate of drug-likeness (QED) is 0.0867. The maximum Gasteiger partial charge on any atom is 0.410 e. The topological polar surface area (TPSA) is 80.7 Å². The Labute approximate surface area is 312 Å². The highest BCUT2D eigenvalue weighted by atomic mass is 32.2. The molecular formula is C41H50FN5O3SSi. The first kappa shape index (κ1) is 36.5. The Hall–Kier alpha value is -3.88. The van der Waals surface area contributed by atoms with Gasteiger partial charge in [-0.1, -0.05) is 89.6 Å². The molecule has 1 amide bonds. The van der Waals surface area contributed by atoms with Crippen LogP contribution in [0.1, 0.15) is 80.7 Å². The molecule has 274 valence electrons. The van der Waals surface area contributed by atoms with E-state index in [2.05, 4.69) is 57.9 Å². The van der Waals surface area contributed by atoms with Gasteiger partial charge in [-0.15, -0.1) is 5.54 Å². The van der Waals surface area contributed by atoms with E-state index >= 15 is 4.39 Å². The van der Waals surface area contributed by atoms with Crippen molar-refractivity contribution in [1.29, 1.82) is 0 Å². The third-order valence-corrected chi connectivity index (χ3v) is 18.2. The highest BCUT2D eigenvalue weighted by molar-refractivity contribution is 7.98. The third kappa shape index (κ3) is 6.00. The number of carbonyl (C=O) groups excluding carboxylic acids is 1. The van der Waals surface area contributed by atoms with Gasteiger partial charge >= 0.3 is 6.09 Å². The van der Waals surface area contributed by atoms with E-state index < -0.39 is 19.5 Å². The zero-order valence-electron chi connectivity index (χ0n) is 32.0. The number of fused-ring (bicyclic) bond motifs is 6. The Bertz CT molecular complexity index is 2100. The molecule has 0 radical (unpaired) electrons. The molecule has 2 aromatic carbocycles. The lowest BCUT2D eigenvalue weighted by atomic mass is 9.96. The van der Waals surface area contributed by atoms with Crippen LogP contribution in [0.4, 0.5) is 15.0 Å². The van der Waals surface area contributed by atoms with Gasteiger partial charge in [0.2, 0.25) is 5.88 Å². The molecule has 3 aliphatic heterocycles. The lowest BCUT2D eigenvalue weighted by Crippen LogP contribution is -2.63. The molecule has 2 aromatic heterocycles. The number of rotatable bonds is 5. The summed E-state index contributed by atoms with van der Waals surface area (Å²) in [6.45, 7) is 20.3. The minimum atomic E-state index is -2.04. The second-order valence-electron chi connectivity index (χ2n) is 16.4. The minimum absolute atomic E-state index is 0.0587. The van der Waals surface area contributed by atoms with Gasteiger partial charge in [0.25, 0.3) is 0 Å². The molecule has 2 fully saturated rings. The Morgan fingerprint density at radius 3 is 2.33 bits per heavy atom. The minimum Gasteiger partial charge on any atom is -0.475 e. The number of thioether (sulfide) groups is 1. The lowest BCUT2D eigenvalue weighted by Gasteiger charge is -2.46. The number of pyridine rings is 1. The van der Waals surface area contributed by atoms with E-state index in [1.54, 1.807) is 0 Å². The van der Waals surface area contributed by atoms with Crippen LogP contribution in [0.5, 0.6) is 5.88 Å². The zero-order chi connectivity index (χ0) is 37.3. The summed E-state index contributed by atoms with van der Waals surface area (Å²) in [5.74, 6) is 4.04. The van der Waals surface area contributed by atoms with Crippen LogP contribution in [-0.4, -0.2) is 77.2 Å². The number of amides is 1. The molecule has 8 nitrogen and oxygen atoms in total. The van der Waals surface area contributed by atoms with Crippen molar-refractivity contribution in [3.05, 3.63) is 47.8 Å². The fraction of sp³-hybridized carbons (Fsp3) is 0.512. The number of nitrogens with zero attached hydrogens (tertiary/aromatic N) is 5. The van der Waals surface area contributed by atoms with Crippen LogP contribution in [0.3, 0.4) is 0 Å². The Balaban J connectivity index is 1.39. The molecule has 0 unspecified atom stereocenters. The smallest absolute Gasteiger partial charge is 0.410 e. The maximum absolute atomic E-state index is 17.3. The summed E-state index contributed by atoms with van der Waals surface area (Å²) in [6, 6.07) is 11.6. The van der Waals surface area contributed by atoms with Crippen LogP contribution in [0.25, 0.3) is 32.9 Å². The summed E-state index contributed by atoms with van der Waals surface area (Å²) in [4.78, 5) is 32.2. The van der Waals surface area contributed by atoms with Crippen LogP contribution >= 0.6 is 11.8 Å². The molecule has 0 spiro atoms. The van der Waals surface area contributed by atoms with Crippen LogP contribution in [0.2, 0.25) is 16.6 Å². The second kappa shape index (κ2) is 13.5. The molecule has 2 bridgehead atoms. The van der Waals surface area contributed by atoms with Gasteiger partial charge in [-0.2, -0.15) is 0 Å². The number of anilines is 1. The number of hydrogen-bond donors (Lipinski definition) is 0. The number of aromatic nitrogens is 3. The largest absolute Gasteiger partial charge is 0.475 e. The Morgan fingerprint density at radius 1 is 0.981 bits per heavy atom. The average molecular weight is 740 g/mol. The summed E-state index contributed by atoms with van der Waals surface area (Å²) in [7, 11) is -2.04. The van der Waals surface area contributed by atoms with Gasteiger partial charge in [-0.05, 0) is 67.9 Å². The average Bonchev–Trinajstić information content (AvgIpc) is 3.32. The van der Waals surface area contributed by atoms with Crippen LogP contribution < -0.4 is 9.64 Å². The van der Waals surface area contributed by atoms with E-state index in [9.17, 15) is 4.79 Å². The van der Waals surface area contributed by atoms with Crippen molar-refractivity contribution >= 4 is 53.4 Å². The number of carbonyl (C=O) groups is 1. The molecular weight excluding hydrogens is 690 g/mol. The highest BCUT2D eigenvalue weighted by Gasteiger charge is 2.52. The van der Waals surface area contributed by atoms with E-state index in [4.69, 9.17) is 24.4 Å². The fourth-order valence-corrected chi connectivity index (χ4v) is 14.8. The molecule has 3 aliphatic rings. The van der Waals surface area contributed by atoms with Gasteiger partial charge in [-0.25, -0.2) is 24.1 Å². The number of piperazine rings is 1. The SMILES string of the molecule is CSc1nc2c3c(nc(-c4cccc5cccc(C#C[Si](C(C)C)(C(C)C)C(C)C)c45)c(F)c3n1)OC[C@@H]1[C@@H]3CC[C@H](CN21)N3C(=O)OC(C)(C)C. The standard InChI is InChI=1S/C41H50FN5O3SSi/c1-23(2)52(24(3)4,25(5)6)20-19-27-14-11-13-26-15-12-16-29(32(26)27)35-34(42)36-33-37(45-39(44-36)51-10)46-21-28-17-18-30(31(46)22-49-38(33)43-35)47(28)40(48)50-41(7,8)9/h11-16,23-25,28,30-31H,17-18,21-22H2,1-10H3/t28-,30+,31-/m1/s1. The summed E-state index contributed by atoms with van der Waals surface area (Å²) >= 11 is 1.37. The van der Waals surface area contributed by atoms with E-state index in [1.807, 2.05) is 68.3 Å². The summed E-state index contributed by atoms with van der Waals surface area (Å²) in [5.41, 5.74) is 6.58. The predicted molar refractivity (Wildman–Crippen MR) is 211 cm³/mol.